The number of aromatic carboxylic acids is 1. The summed E-state index contributed by atoms with van der Waals surface area (Å²) in [7, 11) is 1.41. The van der Waals surface area contributed by atoms with Gasteiger partial charge >= 0.3 is 5.97 Å². The Morgan fingerprint density at radius 3 is 2.59 bits per heavy atom. The van der Waals surface area contributed by atoms with Crippen molar-refractivity contribution in [2.45, 2.75) is 31.5 Å². The number of benzene rings is 1. The molecule has 4 atom stereocenters. The van der Waals surface area contributed by atoms with Gasteiger partial charge in [0.05, 0.1) is 22.7 Å². The number of carboxylic acids is 1. The Kier molecular flexibility index (Phi) is 5.10. The molecule has 2 fully saturated rings. The number of likely N-dealkylation sites (tertiary alicyclic amines) is 1. The zero-order valence-corrected chi connectivity index (χ0v) is 19.7. The van der Waals surface area contributed by atoms with Gasteiger partial charge in [0.15, 0.2) is 0 Å². The molecule has 10 nitrogen and oxygen atoms in total. The lowest BCUT2D eigenvalue weighted by Gasteiger charge is -2.30. The standard InChI is InChI=1S/C23H24N4O6S/c1-4-27-9-10(21(31)32)18(28)15-13(27)6-5-12-16(15)23(22(33)24-12)17-14(11(25-23)7-8-34-3)19(29)26(2)20(17)30/h5-6,9,11,14,17,25H,4,7-8H2,1-3H3,(H,24,33)(H,31,32). The van der Waals surface area contributed by atoms with Crippen molar-refractivity contribution in [2.75, 3.05) is 24.4 Å². The number of hydrogen-bond acceptors (Lipinski definition) is 7. The number of nitrogens with one attached hydrogen (secondary N) is 2. The summed E-state index contributed by atoms with van der Waals surface area (Å²) >= 11 is 1.59. The van der Waals surface area contributed by atoms with Gasteiger partial charge in [-0.1, -0.05) is 0 Å². The number of carbonyl (C=O) groups excluding carboxylic acids is 3. The number of carboxylic acid groups (broad SMARTS) is 1. The van der Waals surface area contributed by atoms with Crippen LogP contribution in [0.5, 0.6) is 0 Å². The Hall–Kier alpha value is -3.18. The Morgan fingerprint density at radius 2 is 1.94 bits per heavy atom. The minimum absolute atomic E-state index is 0.0733. The second kappa shape index (κ2) is 7.67. The summed E-state index contributed by atoms with van der Waals surface area (Å²) in [5, 5.41) is 15.9. The van der Waals surface area contributed by atoms with E-state index >= 15 is 0 Å². The molecule has 0 bridgehead atoms. The highest BCUT2D eigenvalue weighted by molar-refractivity contribution is 7.98. The molecule has 0 radical (unpaired) electrons. The summed E-state index contributed by atoms with van der Waals surface area (Å²) in [5.74, 6) is -3.82. The molecule has 3 N–H and O–H groups in total. The van der Waals surface area contributed by atoms with Gasteiger partial charge in [0, 0.05) is 37.1 Å². The molecule has 3 aliphatic rings. The van der Waals surface area contributed by atoms with Crippen molar-refractivity contribution in [3.8, 4) is 0 Å². The van der Waals surface area contributed by atoms with Crippen LogP contribution >= 0.6 is 11.8 Å². The third kappa shape index (κ3) is 2.70. The number of rotatable bonds is 5. The number of thioether (sulfide) groups is 1. The first-order chi connectivity index (χ1) is 16.2. The first kappa shape index (κ1) is 22.6. The largest absolute Gasteiger partial charge is 0.477 e. The lowest BCUT2D eigenvalue weighted by atomic mass is 9.75. The second-order valence-electron chi connectivity index (χ2n) is 8.88. The minimum atomic E-state index is -1.65. The Labute approximate surface area is 198 Å². The van der Waals surface area contributed by atoms with Gasteiger partial charge < -0.3 is 15.0 Å². The average molecular weight is 485 g/mol. The molecule has 5 rings (SSSR count). The molecule has 2 aromatic rings. The molecular weight excluding hydrogens is 460 g/mol. The average Bonchev–Trinajstić information content (AvgIpc) is 3.38. The Morgan fingerprint density at radius 1 is 1.21 bits per heavy atom. The van der Waals surface area contributed by atoms with E-state index < -0.39 is 52.2 Å². The summed E-state index contributed by atoms with van der Waals surface area (Å²) in [5.41, 5.74) is -1.74. The van der Waals surface area contributed by atoms with Crippen molar-refractivity contribution in [1.82, 2.24) is 14.8 Å². The van der Waals surface area contributed by atoms with Crippen molar-refractivity contribution in [3.63, 3.8) is 0 Å². The highest BCUT2D eigenvalue weighted by Crippen LogP contribution is 2.54. The number of aromatic nitrogens is 1. The fraction of sp³-hybridized carbons (Fsp3) is 0.435. The first-order valence-corrected chi connectivity index (χ1v) is 12.4. The van der Waals surface area contributed by atoms with Gasteiger partial charge in [-0.15, -0.1) is 0 Å². The summed E-state index contributed by atoms with van der Waals surface area (Å²) < 4.78 is 1.64. The molecule has 3 amide bonds. The molecule has 4 unspecified atom stereocenters. The zero-order valence-electron chi connectivity index (χ0n) is 18.9. The lowest BCUT2D eigenvalue weighted by Crippen LogP contribution is -2.53. The third-order valence-electron chi connectivity index (χ3n) is 7.34. The Bertz CT molecular complexity index is 1350. The number of amides is 3. The number of carbonyl (C=O) groups is 4. The summed E-state index contributed by atoms with van der Waals surface area (Å²) in [6, 6.07) is 2.87. The molecule has 11 heteroatoms. The second-order valence-corrected chi connectivity index (χ2v) is 9.86. The summed E-state index contributed by atoms with van der Waals surface area (Å²) in [4.78, 5) is 66.5. The van der Waals surface area contributed by atoms with Crippen LogP contribution in [0, 0.1) is 11.8 Å². The quantitative estimate of drug-likeness (QED) is 0.531. The van der Waals surface area contributed by atoms with E-state index in [9.17, 15) is 29.1 Å². The van der Waals surface area contributed by atoms with Crippen molar-refractivity contribution >= 4 is 52.0 Å². The van der Waals surface area contributed by atoms with Crippen molar-refractivity contribution < 1.29 is 24.3 Å². The molecule has 0 aliphatic carbocycles. The monoisotopic (exact) mass is 484 g/mol. The number of nitrogens with zero attached hydrogens (tertiary/aromatic N) is 2. The number of pyridine rings is 1. The van der Waals surface area contributed by atoms with E-state index in [0.717, 1.165) is 4.90 Å². The van der Waals surface area contributed by atoms with Gasteiger partial charge in [-0.2, -0.15) is 11.8 Å². The minimum Gasteiger partial charge on any atom is -0.477 e. The van der Waals surface area contributed by atoms with Crippen LogP contribution < -0.4 is 16.1 Å². The van der Waals surface area contributed by atoms with Gasteiger partial charge in [0.25, 0.3) is 0 Å². The molecule has 34 heavy (non-hydrogen) atoms. The molecule has 1 aromatic heterocycles. The number of anilines is 1. The lowest BCUT2D eigenvalue weighted by molar-refractivity contribution is -0.141. The highest BCUT2D eigenvalue weighted by Gasteiger charge is 2.70. The van der Waals surface area contributed by atoms with Crippen molar-refractivity contribution in [3.05, 3.63) is 39.7 Å². The van der Waals surface area contributed by atoms with Gasteiger partial charge in [0.1, 0.15) is 11.1 Å². The van der Waals surface area contributed by atoms with Crippen LogP contribution in [0.25, 0.3) is 10.9 Å². The van der Waals surface area contributed by atoms with E-state index in [0.29, 0.717) is 29.9 Å². The fourth-order valence-corrected chi connectivity index (χ4v) is 6.33. The number of imide groups is 1. The molecular formula is C23H24N4O6S. The van der Waals surface area contributed by atoms with Crippen LogP contribution in [0.4, 0.5) is 5.69 Å². The maximum Gasteiger partial charge on any atom is 0.341 e. The molecule has 2 saturated heterocycles. The molecule has 1 aromatic carbocycles. The van der Waals surface area contributed by atoms with E-state index in [4.69, 9.17) is 0 Å². The maximum atomic E-state index is 13.6. The normalized spacial score (nSPS) is 27.6. The van der Waals surface area contributed by atoms with Crippen molar-refractivity contribution in [1.29, 1.82) is 0 Å². The predicted molar refractivity (Wildman–Crippen MR) is 126 cm³/mol. The highest BCUT2D eigenvalue weighted by atomic mass is 32.2. The smallest absolute Gasteiger partial charge is 0.341 e. The van der Waals surface area contributed by atoms with E-state index in [1.165, 1.54) is 13.2 Å². The molecule has 178 valence electrons. The van der Waals surface area contributed by atoms with Crippen LogP contribution in [0.1, 0.15) is 29.3 Å². The SMILES string of the molecule is CCn1cc(C(=O)O)c(=O)c2c3c(ccc21)NC(=O)C31NC(CCSC)C2C(=O)N(C)C(=O)C21. The fourth-order valence-electron chi connectivity index (χ4n) is 5.84. The topological polar surface area (TPSA) is 138 Å². The van der Waals surface area contributed by atoms with Gasteiger partial charge in [0.2, 0.25) is 23.2 Å². The van der Waals surface area contributed by atoms with Crippen LogP contribution in [0.2, 0.25) is 0 Å². The Balaban J connectivity index is 1.86. The number of hydrogen-bond donors (Lipinski definition) is 3. The van der Waals surface area contributed by atoms with Crippen LogP contribution in [-0.2, 0) is 26.5 Å². The third-order valence-corrected chi connectivity index (χ3v) is 7.98. The van der Waals surface area contributed by atoms with E-state index in [-0.39, 0.29) is 16.9 Å². The van der Waals surface area contributed by atoms with Crippen LogP contribution in [0.3, 0.4) is 0 Å². The van der Waals surface area contributed by atoms with Gasteiger partial charge in [-0.05, 0) is 37.5 Å². The maximum absolute atomic E-state index is 13.6. The number of aryl methyl sites for hydroxylation is 1. The molecule has 1 spiro atoms. The predicted octanol–water partition coefficient (Wildman–Crippen LogP) is 0.823. The van der Waals surface area contributed by atoms with E-state index in [1.807, 2.05) is 13.2 Å². The van der Waals surface area contributed by atoms with Crippen molar-refractivity contribution in [2.24, 2.45) is 11.8 Å². The van der Waals surface area contributed by atoms with E-state index in [1.54, 1.807) is 28.5 Å². The molecule has 3 aliphatic heterocycles. The van der Waals surface area contributed by atoms with Crippen LogP contribution in [-0.4, -0.2) is 63.4 Å². The molecule has 0 saturated carbocycles. The first-order valence-electron chi connectivity index (χ1n) is 11.0. The number of fused-ring (bicyclic) bond motifs is 6. The molecule has 4 heterocycles. The van der Waals surface area contributed by atoms with Gasteiger partial charge in [-0.25, -0.2) is 4.79 Å². The summed E-state index contributed by atoms with van der Waals surface area (Å²) in [6.07, 6.45) is 3.77. The van der Waals surface area contributed by atoms with E-state index in [2.05, 4.69) is 10.6 Å². The van der Waals surface area contributed by atoms with Gasteiger partial charge in [-0.3, -0.25) is 29.4 Å². The zero-order chi connectivity index (χ0) is 24.5. The van der Waals surface area contributed by atoms with Crippen LogP contribution in [0.15, 0.2) is 23.1 Å². The summed E-state index contributed by atoms with van der Waals surface area (Å²) in [6.45, 7) is 2.21.